The molecule has 0 aliphatic rings. The van der Waals surface area contributed by atoms with Crippen molar-refractivity contribution < 1.29 is 19.1 Å². The smallest absolute Gasteiger partial charge is 0.312 e. The van der Waals surface area contributed by atoms with Crippen LogP contribution in [0.25, 0.3) is 0 Å². The van der Waals surface area contributed by atoms with E-state index >= 15 is 0 Å². The van der Waals surface area contributed by atoms with Crippen LogP contribution in [0.4, 0.5) is 10.5 Å². The van der Waals surface area contributed by atoms with Crippen LogP contribution in [0.1, 0.15) is 43.4 Å². The molecule has 0 spiro atoms. The summed E-state index contributed by atoms with van der Waals surface area (Å²) in [6.07, 6.45) is -0.219. The number of nitrogens with two attached hydrogens (primary N) is 1. The molecule has 0 saturated carbocycles. The molecule has 2 aromatic carbocycles. The van der Waals surface area contributed by atoms with Crippen LogP contribution in [-0.4, -0.2) is 24.5 Å². The second kappa shape index (κ2) is 10.5. The molecule has 2 rings (SSSR count). The lowest BCUT2D eigenvalue weighted by Gasteiger charge is -2.18. The Hall–Kier alpha value is -3.06. The number of halogens is 1. The molecule has 0 saturated heterocycles. The molecular weight excluding hydrogens is 394 g/mol. The number of hydrogen-bond acceptors (Lipinski definition) is 4. The Balaban J connectivity index is 1.90. The predicted octanol–water partition coefficient (Wildman–Crippen LogP) is 3.74. The van der Waals surface area contributed by atoms with Crippen molar-refractivity contribution in [3.05, 3.63) is 64.7 Å². The first-order chi connectivity index (χ1) is 13.8. The van der Waals surface area contributed by atoms with E-state index in [4.69, 9.17) is 22.1 Å². The topological polar surface area (TPSA) is 111 Å². The van der Waals surface area contributed by atoms with E-state index in [0.717, 1.165) is 5.56 Å². The zero-order chi connectivity index (χ0) is 21.4. The van der Waals surface area contributed by atoms with Gasteiger partial charge in [0.15, 0.2) is 6.61 Å². The number of carbonyl (C=O) groups is 3. The molecule has 8 heteroatoms. The van der Waals surface area contributed by atoms with Gasteiger partial charge >= 0.3 is 12.0 Å². The van der Waals surface area contributed by atoms with Crippen LogP contribution in [-0.2, 0) is 14.3 Å². The zero-order valence-corrected chi connectivity index (χ0v) is 17.0. The monoisotopic (exact) mass is 417 g/mol. The third-order valence-corrected chi connectivity index (χ3v) is 4.54. The van der Waals surface area contributed by atoms with Crippen LogP contribution in [0.15, 0.2) is 48.5 Å². The highest BCUT2D eigenvalue weighted by atomic mass is 35.5. The SMILES string of the molecule is CC(C)c1ccc(NC(=O)COC(=O)CC(NC(N)=O)c2ccccc2Cl)cc1. The van der Waals surface area contributed by atoms with Gasteiger partial charge in [0.05, 0.1) is 12.5 Å². The fraction of sp³-hybridized carbons (Fsp3) is 0.286. The first-order valence-electron chi connectivity index (χ1n) is 9.12. The molecule has 0 aliphatic heterocycles. The zero-order valence-electron chi connectivity index (χ0n) is 16.3. The van der Waals surface area contributed by atoms with Crippen LogP contribution in [0.5, 0.6) is 0 Å². The van der Waals surface area contributed by atoms with Crippen molar-refractivity contribution in [1.29, 1.82) is 0 Å². The van der Waals surface area contributed by atoms with E-state index in [2.05, 4.69) is 24.5 Å². The van der Waals surface area contributed by atoms with Crippen LogP contribution in [0.2, 0.25) is 5.02 Å². The molecular formula is C21H24ClN3O4. The third-order valence-electron chi connectivity index (χ3n) is 4.19. The van der Waals surface area contributed by atoms with Crippen molar-refractivity contribution >= 4 is 35.2 Å². The van der Waals surface area contributed by atoms with Crippen molar-refractivity contribution in [3.8, 4) is 0 Å². The number of amides is 3. The number of primary amides is 1. The van der Waals surface area contributed by atoms with E-state index in [1.54, 1.807) is 36.4 Å². The molecule has 154 valence electrons. The second-order valence-corrected chi connectivity index (χ2v) is 7.18. The third kappa shape index (κ3) is 7.12. The molecule has 1 unspecified atom stereocenters. The molecule has 0 radical (unpaired) electrons. The highest BCUT2D eigenvalue weighted by Crippen LogP contribution is 2.25. The van der Waals surface area contributed by atoms with Gasteiger partial charge in [-0.2, -0.15) is 0 Å². The van der Waals surface area contributed by atoms with E-state index in [-0.39, 0.29) is 6.42 Å². The second-order valence-electron chi connectivity index (χ2n) is 6.77. The van der Waals surface area contributed by atoms with Gasteiger partial charge in [-0.15, -0.1) is 0 Å². The summed E-state index contributed by atoms with van der Waals surface area (Å²) in [7, 11) is 0. The number of esters is 1. The Morgan fingerprint density at radius 1 is 1.07 bits per heavy atom. The van der Waals surface area contributed by atoms with Gasteiger partial charge in [-0.1, -0.05) is 55.8 Å². The van der Waals surface area contributed by atoms with Gasteiger partial charge in [-0.25, -0.2) is 4.79 Å². The normalized spacial score (nSPS) is 11.6. The fourth-order valence-electron chi connectivity index (χ4n) is 2.69. The number of hydrogen-bond donors (Lipinski definition) is 3. The molecule has 7 nitrogen and oxygen atoms in total. The first kappa shape index (κ1) is 22.2. The van der Waals surface area contributed by atoms with E-state index in [1.807, 2.05) is 12.1 Å². The average molecular weight is 418 g/mol. The van der Waals surface area contributed by atoms with Gasteiger partial charge in [0, 0.05) is 10.7 Å². The summed E-state index contributed by atoms with van der Waals surface area (Å²) in [6.45, 7) is 3.71. The van der Waals surface area contributed by atoms with Crippen LogP contribution in [0.3, 0.4) is 0 Å². The Morgan fingerprint density at radius 2 is 1.72 bits per heavy atom. The Bertz CT molecular complexity index is 868. The van der Waals surface area contributed by atoms with Gasteiger partial charge in [0.25, 0.3) is 5.91 Å². The summed E-state index contributed by atoms with van der Waals surface area (Å²) in [5.74, 6) is -0.748. The summed E-state index contributed by atoms with van der Waals surface area (Å²) >= 11 is 6.13. The quantitative estimate of drug-likeness (QED) is 0.568. The molecule has 0 bridgehead atoms. The average Bonchev–Trinajstić information content (AvgIpc) is 2.66. The van der Waals surface area contributed by atoms with Crippen molar-refractivity contribution in [2.45, 2.75) is 32.2 Å². The van der Waals surface area contributed by atoms with Crippen molar-refractivity contribution in [2.75, 3.05) is 11.9 Å². The van der Waals surface area contributed by atoms with Gasteiger partial charge in [0.2, 0.25) is 0 Å². The van der Waals surface area contributed by atoms with Gasteiger partial charge in [0.1, 0.15) is 0 Å². The standard InChI is InChI=1S/C21H24ClN3O4/c1-13(2)14-7-9-15(10-8-14)24-19(26)12-29-20(27)11-18(25-21(23)28)16-5-3-4-6-17(16)22/h3-10,13,18H,11-12H2,1-2H3,(H,24,26)(H3,23,25,28). The largest absolute Gasteiger partial charge is 0.455 e. The first-order valence-corrected chi connectivity index (χ1v) is 9.50. The molecule has 0 heterocycles. The van der Waals surface area contributed by atoms with E-state index in [0.29, 0.717) is 22.2 Å². The lowest BCUT2D eigenvalue weighted by Crippen LogP contribution is -2.35. The Morgan fingerprint density at radius 3 is 2.31 bits per heavy atom. The highest BCUT2D eigenvalue weighted by molar-refractivity contribution is 6.31. The Labute approximate surface area is 174 Å². The number of ether oxygens (including phenoxy) is 1. The number of benzene rings is 2. The molecule has 29 heavy (non-hydrogen) atoms. The van der Waals surface area contributed by atoms with Crippen molar-refractivity contribution in [1.82, 2.24) is 5.32 Å². The minimum Gasteiger partial charge on any atom is -0.455 e. The predicted molar refractivity (Wildman–Crippen MR) is 112 cm³/mol. The fourth-order valence-corrected chi connectivity index (χ4v) is 2.96. The maximum atomic E-state index is 12.2. The van der Waals surface area contributed by atoms with Gasteiger partial charge in [-0.05, 0) is 35.2 Å². The van der Waals surface area contributed by atoms with Crippen molar-refractivity contribution in [3.63, 3.8) is 0 Å². The lowest BCUT2D eigenvalue weighted by atomic mass is 10.0. The van der Waals surface area contributed by atoms with E-state index in [1.165, 1.54) is 0 Å². The molecule has 0 fully saturated rings. The molecule has 0 aliphatic carbocycles. The summed E-state index contributed by atoms with van der Waals surface area (Å²) in [5, 5.41) is 5.50. The molecule has 3 amide bonds. The lowest BCUT2D eigenvalue weighted by molar-refractivity contribution is -0.147. The minimum atomic E-state index is -0.801. The number of rotatable bonds is 8. The molecule has 1 atom stereocenters. The minimum absolute atomic E-state index is 0.219. The maximum absolute atomic E-state index is 12.2. The number of nitrogens with one attached hydrogen (secondary N) is 2. The van der Waals surface area contributed by atoms with Gasteiger partial charge < -0.3 is 21.1 Å². The summed E-state index contributed by atoms with van der Waals surface area (Å²) < 4.78 is 5.03. The molecule has 2 aromatic rings. The molecule has 4 N–H and O–H groups in total. The maximum Gasteiger partial charge on any atom is 0.312 e. The summed E-state index contributed by atoms with van der Waals surface area (Å²) in [6, 6.07) is 12.6. The van der Waals surface area contributed by atoms with Crippen LogP contribution < -0.4 is 16.4 Å². The molecule has 0 aromatic heterocycles. The highest BCUT2D eigenvalue weighted by Gasteiger charge is 2.21. The summed E-state index contributed by atoms with van der Waals surface area (Å²) in [5.41, 5.74) is 7.48. The van der Waals surface area contributed by atoms with Crippen LogP contribution >= 0.6 is 11.6 Å². The summed E-state index contributed by atoms with van der Waals surface area (Å²) in [4.78, 5) is 35.4. The Kier molecular flexibility index (Phi) is 8.03. The van der Waals surface area contributed by atoms with Crippen LogP contribution in [0, 0.1) is 0 Å². The number of carbonyl (C=O) groups excluding carboxylic acids is 3. The van der Waals surface area contributed by atoms with E-state index < -0.39 is 30.6 Å². The van der Waals surface area contributed by atoms with Gasteiger partial charge in [-0.3, -0.25) is 9.59 Å². The van der Waals surface area contributed by atoms with E-state index in [9.17, 15) is 14.4 Å². The number of urea groups is 1. The number of anilines is 1. The van der Waals surface area contributed by atoms with Crippen molar-refractivity contribution in [2.24, 2.45) is 5.73 Å².